The molecule has 1 aromatic carbocycles. The van der Waals surface area contributed by atoms with E-state index in [0.29, 0.717) is 18.2 Å². The van der Waals surface area contributed by atoms with E-state index >= 15 is 0 Å². The van der Waals surface area contributed by atoms with Crippen LogP contribution in [0.1, 0.15) is 12.5 Å². The number of morpholine rings is 1. The second-order valence-corrected chi connectivity index (χ2v) is 9.59. The van der Waals surface area contributed by atoms with E-state index in [1.807, 2.05) is 31.2 Å². The number of benzene rings is 1. The number of hydrogen-bond donors (Lipinski definition) is 0. The van der Waals surface area contributed by atoms with E-state index < -0.39 is 0 Å². The number of rotatable bonds is 4. The maximum Gasteiger partial charge on any atom is 0.228 e. The second kappa shape index (κ2) is 9.94. The van der Waals surface area contributed by atoms with Gasteiger partial charge < -0.3 is 19.4 Å². The van der Waals surface area contributed by atoms with E-state index in [0.717, 1.165) is 72.2 Å². The Morgan fingerprint density at radius 2 is 1.76 bits per heavy atom. The Morgan fingerprint density at radius 3 is 2.50 bits per heavy atom. The minimum absolute atomic E-state index is 0.216. The first-order valence-electron chi connectivity index (χ1n) is 11.6. The number of halogens is 2. The van der Waals surface area contributed by atoms with Gasteiger partial charge in [-0.1, -0.05) is 35.3 Å². The number of nitrogens with zero attached hydrogens (tertiary/aromatic N) is 6. The Kier molecular flexibility index (Phi) is 6.77. The molecule has 0 aliphatic carbocycles. The molecule has 1 unspecified atom stereocenters. The monoisotopic (exact) mass is 498 g/mol. The van der Waals surface area contributed by atoms with Crippen molar-refractivity contribution in [3.63, 3.8) is 0 Å². The lowest BCUT2D eigenvalue weighted by molar-refractivity contribution is 0.122. The summed E-state index contributed by atoms with van der Waals surface area (Å²) < 4.78 is 5.54. The highest BCUT2D eigenvalue weighted by Crippen LogP contribution is 2.31. The summed E-state index contributed by atoms with van der Waals surface area (Å²) in [5, 5.41) is 1.41. The minimum Gasteiger partial charge on any atom is -0.378 e. The van der Waals surface area contributed by atoms with Crippen LogP contribution in [0.4, 0.5) is 17.6 Å². The van der Waals surface area contributed by atoms with E-state index in [9.17, 15) is 0 Å². The van der Waals surface area contributed by atoms with Gasteiger partial charge in [0.25, 0.3) is 0 Å². The first-order chi connectivity index (χ1) is 16.5. The molecular formula is C25H28Cl2N6O. The molecule has 0 spiro atoms. The van der Waals surface area contributed by atoms with Crippen molar-refractivity contribution in [1.29, 1.82) is 0 Å². The van der Waals surface area contributed by atoms with Gasteiger partial charge in [-0.15, -0.1) is 0 Å². The summed E-state index contributed by atoms with van der Waals surface area (Å²) in [6.07, 6.45) is 1.79. The van der Waals surface area contributed by atoms with Crippen molar-refractivity contribution in [2.45, 2.75) is 19.9 Å². The highest BCUT2D eigenvalue weighted by atomic mass is 35.5. The van der Waals surface area contributed by atoms with E-state index in [4.69, 9.17) is 37.9 Å². The van der Waals surface area contributed by atoms with Gasteiger partial charge in [-0.05, 0) is 37.6 Å². The van der Waals surface area contributed by atoms with E-state index in [1.54, 1.807) is 6.20 Å². The fourth-order valence-electron chi connectivity index (χ4n) is 4.47. The minimum atomic E-state index is 0.216. The van der Waals surface area contributed by atoms with Crippen molar-refractivity contribution in [2.24, 2.45) is 0 Å². The Morgan fingerprint density at radius 1 is 0.941 bits per heavy atom. The summed E-state index contributed by atoms with van der Waals surface area (Å²) >= 11 is 12.9. The number of aryl methyl sites for hydroxylation is 1. The second-order valence-electron chi connectivity index (χ2n) is 8.77. The topological polar surface area (TPSA) is 57.6 Å². The first-order valence-corrected chi connectivity index (χ1v) is 12.4. The normalized spacial score (nSPS) is 18.9. The largest absolute Gasteiger partial charge is 0.378 e. The van der Waals surface area contributed by atoms with Gasteiger partial charge in [0.05, 0.1) is 23.9 Å². The molecule has 2 fully saturated rings. The molecule has 3 aromatic rings. The maximum atomic E-state index is 6.45. The molecular weight excluding hydrogens is 471 g/mol. The van der Waals surface area contributed by atoms with Crippen LogP contribution >= 0.6 is 23.2 Å². The Balaban J connectivity index is 1.47. The highest BCUT2D eigenvalue weighted by molar-refractivity contribution is 6.33. The molecule has 1 atom stereocenters. The Labute approximate surface area is 210 Å². The zero-order valence-corrected chi connectivity index (χ0v) is 20.9. The maximum absolute atomic E-state index is 6.45. The van der Waals surface area contributed by atoms with Crippen molar-refractivity contribution in [3.05, 3.63) is 58.2 Å². The summed E-state index contributed by atoms with van der Waals surface area (Å²) in [5.41, 5.74) is 2.90. The number of hydrogen-bond acceptors (Lipinski definition) is 7. The van der Waals surface area contributed by atoms with Gasteiger partial charge in [0.2, 0.25) is 5.95 Å². The van der Waals surface area contributed by atoms with Crippen LogP contribution in [0.5, 0.6) is 0 Å². The molecule has 0 saturated carbocycles. The van der Waals surface area contributed by atoms with Crippen LogP contribution in [0.25, 0.3) is 11.3 Å². The molecule has 4 heterocycles. The molecule has 2 aliphatic rings. The molecule has 5 rings (SSSR count). The summed E-state index contributed by atoms with van der Waals surface area (Å²) in [4.78, 5) is 21.2. The SMILES string of the molecule is Cc1ccc(-c2cc(N3CCN(c4ncccc4Cl)CC3C)nc(N3CCOCC3)n2)cc1Cl. The van der Waals surface area contributed by atoms with Gasteiger partial charge in [-0.3, -0.25) is 0 Å². The number of piperazine rings is 1. The van der Waals surface area contributed by atoms with Crippen molar-refractivity contribution < 1.29 is 4.74 Å². The zero-order valence-electron chi connectivity index (χ0n) is 19.4. The number of anilines is 3. The molecule has 34 heavy (non-hydrogen) atoms. The number of pyridine rings is 1. The third-order valence-corrected chi connectivity index (χ3v) is 7.12. The standard InChI is InChI=1S/C25H28Cl2N6O/c1-17-5-6-19(14-21(17)27)22-15-23(30-25(29-22)31-10-12-34-13-11-31)33-9-8-32(16-18(33)2)24-20(26)4-3-7-28-24/h3-7,14-15,18H,8-13,16H2,1-2H3. The van der Waals surface area contributed by atoms with E-state index in [1.165, 1.54) is 0 Å². The lowest BCUT2D eigenvalue weighted by atomic mass is 10.1. The average Bonchev–Trinajstić information content (AvgIpc) is 2.86. The number of ether oxygens (including phenoxy) is 1. The van der Waals surface area contributed by atoms with Crippen LogP contribution in [0, 0.1) is 6.92 Å². The molecule has 9 heteroatoms. The van der Waals surface area contributed by atoms with Crippen LogP contribution in [-0.2, 0) is 4.74 Å². The molecule has 0 radical (unpaired) electrons. The van der Waals surface area contributed by atoms with Crippen LogP contribution in [0.3, 0.4) is 0 Å². The third kappa shape index (κ3) is 4.78. The summed E-state index contributed by atoms with van der Waals surface area (Å²) in [6, 6.07) is 12.1. The van der Waals surface area contributed by atoms with Gasteiger partial charge >= 0.3 is 0 Å². The van der Waals surface area contributed by atoms with E-state index in [2.05, 4.69) is 38.7 Å². The summed E-state index contributed by atoms with van der Waals surface area (Å²) in [5.74, 6) is 2.49. The predicted molar refractivity (Wildman–Crippen MR) is 139 cm³/mol. The van der Waals surface area contributed by atoms with Crippen LogP contribution in [-0.4, -0.2) is 66.9 Å². The summed E-state index contributed by atoms with van der Waals surface area (Å²) in [6.45, 7) is 9.55. The van der Waals surface area contributed by atoms with Crippen molar-refractivity contribution >= 4 is 40.8 Å². The smallest absolute Gasteiger partial charge is 0.228 e. The van der Waals surface area contributed by atoms with Crippen molar-refractivity contribution in [3.8, 4) is 11.3 Å². The quantitative estimate of drug-likeness (QED) is 0.516. The third-order valence-electron chi connectivity index (χ3n) is 6.42. The van der Waals surface area contributed by atoms with Crippen molar-refractivity contribution in [2.75, 3.05) is 60.6 Å². The Hall–Kier alpha value is -2.61. The molecule has 7 nitrogen and oxygen atoms in total. The van der Waals surface area contributed by atoms with Crippen LogP contribution in [0.15, 0.2) is 42.6 Å². The molecule has 0 bridgehead atoms. The molecule has 2 aliphatic heterocycles. The van der Waals surface area contributed by atoms with Gasteiger partial charge in [0.15, 0.2) is 0 Å². The molecule has 178 valence electrons. The average molecular weight is 499 g/mol. The van der Waals surface area contributed by atoms with Gasteiger partial charge in [-0.2, -0.15) is 4.98 Å². The predicted octanol–water partition coefficient (Wildman–Crippen LogP) is 4.71. The fourth-order valence-corrected chi connectivity index (χ4v) is 4.90. The van der Waals surface area contributed by atoms with Gasteiger partial charge in [-0.25, -0.2) is 9.97 Å². The Bertz CT molecular complexity index is 1170. The van der Waals surface area contributed by atoms with Crippen LogP contribution in [0.2, 0.25) is 10.0 Å². The van der Waals surface area contributed by atoms with E-state index in [-0.39, 0.29) is 6.04 Å². The zero-order chi connectivity index (χ0) is 23.7. The molecule has 2 saturated heterocycles. The lowest BCUT2D eigenvalue weighted by Gasteiger charge is -2.41. The van der Waals surface area contributed by atoms with Crippen LogP contribution < -0.4 is 14.7 Å². The summed E-state index contributed by atoms with van der Waals surface area (Å²) in [7, 11) is 0. The van der Waals surface area contributed by atoms with Gasteiger partial charge in [0.1, 0.15) is 11.6 Å². The molecule has 0 N–H and O–H groups in total. The van der Waals surface area contributed by atoms with Crippen molar-refractivity contribution in [1.82, 2.24) is 15.0 Å². The lowest BCUT2D eigenvalue weighted by Crippen LogP contribution is -2.53. The fraction of sp³-hybridized carbons (Fsp3) is 0.400. The molecule has 2 aromatic heterocycles. The first kappa shape index (κ1) is 23.1. The van der Waals surface area contributed by atoms with Gasteiger partial charge in [0, 0.05) is 61.6 Å². The molecule has 0 amide bonds. The number of aromatic nitrogens is 3. The highest BCUT2D eigenvalue weighted by Gasteiger charge is 2.28.